The first kappa shape index (κ1) is 18.0. The summed E-state index contributed by atoms with van der Waals surface area (Å²) in [5.41, 5.74) is 2.10. The second kappa shape index (κ2) is 8.49. The molecule has 2 unspecified atom stereocenters. The normalized spacial score (nSPS) is 13.3. The number of hydrogen-bond donors (Lipinski definition) is 3. The smallest absolute Gasteiger partial charge is 0.320 e. The van der Waals surface area contributed by atoms with Crippen molar-refractivity contribution in [2.75, 3.05) is 11.9 Å². The molecular weight excluding hydrogens is 304 g/mol. The zero-order valence-electron chi connectivity index (χ0n) is 14.5. The van der Waals surface area contributed by atoms with Crippen molar-refractivity contribution in [2.45, 2.75) is 45.7 Å². The number of carbonyl (C=O) groups excluding carboxylic acids is 1. The molecule has 2 rings (SSSR count). The second-order valence-electron chi connectivity index (χ2n) is 5.85. The Morgan fingerprint density at radius 1 is 1.25 bits per heavy atom. The molecular formula is C18H26N4O2. The molecule has 0 radical (unpaired) electrons. The van der Waals surface area contributed by atoms with Gasteiger partial charge in [-0.15, -0.1) is 0 Å². The molecule has 0 spiro atoms. The number of hydrogen-bond acceptors (Lipinski definition) is 3. The standard InChI is InChI=1S/C18H26N4O2/c1-4-13(3)22-17(10-11-19-22)21-18(24)20-16(12-23)15-8-6-14(5-2)7-9-15/h6-11,13,16,23H,4-5,12H2,1-3H3,(H2,20,21,24). The van der Waals surface area contributed by atoms with Gasteiger partial charge in [0.25, 0.3) is 0 Å². The molecule has 2 amide bonds. The molecule has 0 bridgehead atoms. The van der Waals surface area contributed by atoms with Crippen molar-refractivity contribution in [3.05, 3.63) is 47.7 Å². The number of rotatable bonds is 7. The van der Waals surface area contributed by atoms with Crippen LogP contribution in [-0.2, 0) is 6.42 Å². The Labute approximate surface area is 142 Å². The molecule has 6 heteroatoms. The van der Waals surface area contributed by atoms with Gasteiger partial charge in [0.05, 0.1) is 24.9 Å². The maximum atomic E-state index is 12.3. The van der Waals surface area contributed by atoms with Crippen LogP contribution in [0.1, 0.15) is 50.4 Å². The molecule has 130 valence electrons. The van der Waals surface area contributed by atoms with Gasteiger partial charge in [0.1, 0.15) is 5.82 Å². The monoisotopic (exact) mass is 330 g/mol. The van der Waals surface area contributed by atoms with Gasteiger partial charge in [-0.1, -0.05) is 38.1 Å². The highest BCUT2D eigenvalue weighted by atomic mass is 16.3. The lowest BCUT2D eigenvalue weighted by atomic mass is 10.0. The van der Waals surface area contributed by atoms with Crippen LogP contribution in [0.4, 0.5) is 10.6 Å². The maximum Gasteiger partial charge on any atom is 0.320 e. The fourth-order valence-electron chi connectivity index (χ4n) is 2.47. The van der Waals surface area contributed by atoms with E-state index in [1.807, 2.05) is 31.2 Å². The summed E-state index contributed by atoms with van der Waals surface area (Å²) >= 11 is 0. The van der Waals surface area contributed by atoms with Crippen LogP contribution in [0.3, 0.4) is 0 Å². The Morgan fingerprint density at radius 3 is 2.54 bits per heavy atom. The molecule has 0 saturated carbocycles. The Balaban J connectivity index is 2.03. The molecule has 24 heavy (non-hydrogen) atoms. The van der Waals surface area contributed by atoms with Gasteiger partial charge >= 0.3 is 6.03 Å². The number of nitrogens with zero attached hydrogens (tertiary/aromatic N) is 2. The molecule has 0 aliphatic rings. The third-order valence-corrected chi connectivity index (χ3v) is 4.20. The summed E-state index contributed by atoms with van der Waals surface area (Å²) in [6.07, 6.45) is 3.54. The Bertz CT molecular complexity index is 651. The zero-order chi connectivity index (χ0) is 17.5. The molecule has 6 nitrogen and oxygen atoms in total. The van der Waals surface area contributed by atoms with E-state index in [1.54, 1.807) is 16.9 Å². The van der Waals surface area contributed by atoms with Gasteiger partial charge in [-0.05, 0) is 30.9 Å². The van der Waals surface area contributed by atoms with Crippen molar-refractivity contribution < 1.29 is 9.90 Å². The summed E-state index contributed by atoms with van der Waals surface area (Å²) < 4.78 is 1.78. The van der Waals surface area contributed by atoms with Crippen LogP contribution in [0.2, 0.25) is 0 Å². The summed E-state index contributed by atoms with van der Waals surface area (Å²) in [5, 5.41) is 19.4. The fraction of sp³-hybridized carbons (Fsp3) is 0.444. The van der Waals surface area contributed by atoms with Gasteiger partial charge in [-0.3, -0.25) is 5.32 Å². The summed E-state index contributed by atoms with van der Waals surface area (Å²) in [4.78, 5) is 12.3. The minimum absolute atomic E-state index is 0.163. The van der Waals surface area contributed by atoms with Crippen molar-refractivity contribution >= 4 is 11.8 Å². The number of nitrogens with one attached hydrogen (secondary N) is 2. The Morgan fingerprint density at radius 2 is 1.96 bits per heavy atom. The summed E-state index contributed by atoms with van der Waals surface area (Å²) in [5.74, 6) is 0.639. The Kier molecular flexibility index (Phi) is 6.37. The number of aryl methyl sites for hydroxylation is 1. The zero-order valence-corrected chi connectivity index (χ0v) is 14.5. The van der Waals surface area contributed by atoms with Gasteiger partial charge in [0.2, 0.25) is 0 Å². The van der Waals surface area contributed by atoms with Crippen LogP contribution in [0, 0.1) is 0 Å². The van der Waals surface area contributed by atoms with Gasteiger partial charge < -0.3 is 10.4 Å². The molecule has 1 aromatic heterocycles. The summed E-state index contributed by atoms with van der Waals surface area (Å²) in [6.45, 7) is 6.04. The van der Waals surface area contributed by atoms with E-state index < -0.39 is 6.04 Å². The SMILES string of the molecule is CCc1ccc(C(CO)NC(=O)Nc2ccnn2C(C)CC)cc1. The van der Waals surface area contributed by atoms with Gasteiger partial charge in [0, 0.05) is 6.07 Å². The Hall–Kier alpha value is -2.34. The lowest BCUT2D eigenvalue weighted by Crippen LogP contribution is -2.35. The first-order chi connectivity index (χ1) is 11.6. The number of amides is 2. The number of benzene rings is 1. The molecule has 0 fully saturated rings. The van der Waals surface area contributed by atoms with Gasteiger partial charge in [0.15, 0.2) is 0 Å². The minimum Gasteiger partial charge on any atom is -0.394 e. The van der Waals surface area contributed by atoms with Gasteiger partial charge in [-0.2, -0.15) is 5.10 Å². The molecule has 2 aromatic rings. The quantitative estimate of drug-likeness (QED) is 0.729. The van der Waals surface area contributed by atoms with Gasteiger partial charge in [-0.25, -0.2) is 9.48 Å². The van der Waals surface area contributed by atoms with Crippen LogP contribution in [0.25, 0.3) is 0 Å². The number of aliphatic hydroxyl groups is 1. The fourth-order valence-corrected chi connectivity index (χ4v) is 2.47. The number of aliphatic hydroxyl groups excluding tert-OH is 1. The minimum atomic E-state index is -0.448. The van der Waals surface area contributed by atoms with E-state index in [2.05, 4.69) is 29.6 Å². The average Bonchev–Trinajstić information content (AvgIpc) is 3.07. The van der Waals surface area contributed by atoms with Crippen molar-refractivity contribution in [3.8, 4) is 0 Å². The molecule has 3 N–H and O–H groups in total. The highest BCUT2D eigenvalue weighted by Crippen LogP contribution is 2.17. The molecule has 1 aromatic carbocycles. The van der Waals surface area contributed by atoms with Crippen molar-refractivity contribution in [2.24, 2.45) is 0 Å². The predicted octanol–water partition coefficient (Wildman–Crippen LogP) is 3.27. The number of urea groups is 1. The largest absolute Gasteiger partial charge is 0.394 e. The van der Waals surface area contributed by atoms with Crippen molar-refractivity contribution in [1.82, 2.24) is 15.1 Å². The molecule has 1 heterocycles. The van der Waals surface area contributed by atoms with E-state index in [-0.39, 0.29) is 18.7 Å². The van der Waals surface area contributed by atoms with E-state index in [1.165, 1.54) is 5.56 Å². The number of anilines is 1. The van der Waals surface area contributed by atoms with Crippen molar-refractivity contribution in [3.63, 3.8) is 0 Å². The lowest BCUT2D eigenvalue weighted by Gasteiger charge is -2.19. The topological polar surface area (TPSA) is 79.2 Å². The number of aromatic nitrogens is 2. The number of carbonyl (C=O) groups is 1. The second-order valence-corrected chi connectivity index (χ2v) is 5.85. The van der Waals surface area contributed by atoms with Crippen LogP contribution in [0.15, 0.2) is 36.5 Å². The van der Waals surface area contributed by atoms with Crippen LogP contribution >= 0.6 is 0 Å². The van der Waals surface area contributed by atoms with Crippen LogP contribution in [-0.4, -0.2) is 27.5 Å². The molecule has 0 aliphatic carbocycles. The van der Waals surface area contributed by atoms with E-state index in [9.17, 15) is 9.90 Å². The van der Waals surface area contributed by atoms with E-state index in [4.69, 9.17) is 0 Å². The average molecular weight is 330 g/mol. The van der Waals surface area contributed by atoms with Crippen molar-refractivity contribution in [1.29, 1.82) is 0 Å². The first-order valence-electron chi connectivity index (χ1n) is 8.39. The summed E-state index contributed by atoms with van der Waals surface area (Å²) in [7, 11) is 0. The van der Waals surface area contributed by atoms with E-state index in [0.29, 0.717) is 5.82 Å². The van der Waals surface area contributed by atoms with E-state index >= 15 is 0 Å². The molecule has 0 saturated heterocycles. The third kappa shape index (κ3) is 4.35. The van der Waals surface area contributed by atoms with Crippen LogP contribution in [0.5, 0.6) is 0 Å². The first-order valence-corrected chi connectivity index (χ1v) is 8.39. The molecule has 0 aliphatic heterocycles. The maximum absolute atomic E-state index is 12.3. The predicted molar refractivity (Wildman–Crippen MR) is 95.0 cm³/mol. The lowest BCUT2D eigenvalue weighted by molar-refractivity contribution is 0.225. The highest BCUT2D eigenvalue weighted by molar-refractivity contribution is 5.88. The highest BCUT2D eigenvalue weighted by Gasteiger charge is 2.16. The van der Waals surface area contributed by atoms with E-state index in [0.717, 1.165) is 18.4 Å². The van der Waals surface area contributed by atoms with Crippen LogP contribution < -0.4 is 10.6 Å². The third-order valence-electron chi connectivity index (χ3n) is 4.20. The molecule has 2 atom stereocenters. The summed E-state index contributed by atoms with van der Waals surface area (Å²) in [6, 6.07) is 9.04.